The molecule has 1 heterocycles. The van der Waals surface area contributed by atoms with Crippen LogP contribution in [0.1, 0.15) is 57.5 Å². The van der Waals surface area contributed by atoms with Crippen LogP contribution in [-0.2, 0) is 17.1 Å². The van der Waals surface area contributed by atoms with Crippen molar-refractivity contribution in [3.8, 4) is 5.69 Å². The van der Waals surface area contributed by atoms with Gasteiger partial charge < -0.3 is 5.32 Å². The first-order chi connectivity index (χ1) is 16.0. The number of nitrogens with one attached hydrogen (secondary N) is 1. The molecule has 1 aromatic heterocycles. The lowest BCUT2D eigenvalue weighted by Gasteiger charge is -2.22. The zero-order chi connectivity index (χ0) is 24.9. The molecule has 3 rings (SSSR count). The Morgan fingerprint density at radius 1 is 1.15 bits per heavy atom. The van der Waals surface area contributed by atoms with Crippen LogP contribution in [0.25, 0.3) is 5.69 Å². The van der Waals surface area contributed by atoms with Crippen molar-refractivity contribution in [1.82, 2.24) is 20.1 Å². The summed E-state index contributed by atoms with van der Waals surface area (Å²) in [6, 6.07) is 13.7. The third kappa shape index (κ3) is 7.76. The predicted molar refractivity (Wildman–Crippen MR) is 142 cm³/mol. The summed E-state index contributed by atoms with van der Waals surface area (Å²) in [7, 11) is 0. The Hall–Kier alpha value is -2.02. The summed E-state index contributed by atoms with van der Waals surface area (Å²) in [6.07, 6.45) is 1.46. The van der Waals surface area contributed by atoms with Gasteiger partial charge in [0.2, 0.25) is 5.91 Å². The summed E-state index contributed by atoms with van der Waals surface area (Å²) in [6.45, 7) is 11.0. The van der Waals surface area contributed by atoms with Gasteiger partial charge in [0.1, 0.15) is 0 Å². The van der Waals surface area contributed by atoms with Crippen molar-refractivity contribution >= 4 is 40.9 Å². The molecule has 1 atom stereocenters. The molecule has 3 aromatic rings. The van der Waals surface area contributed by atoms with Gasteiger partial charge >= 0.3 is 0 Å². The molecule has 34 heavy (non-hydrogen) atoms. The van der Waals surface area contributed by atoms with Crippen LogP contribution in [0, 0.1) is 18.3 Å². The van der Waals surface area contributed by atoms with E-state index in [9.17, 15) is 4.79 Å². The van der Waals surface area contributed by atoms with E-state index in [-0.39, 0.29) is 17.9 Å². The molecule has 0 spiro atoms. The van der Waals surface area contributed by atoms with Crippen molar-refractivity contribution in [1.29, 1.82) is 0 Å². The summed E-state index contributed by atoms with van der Waals surface area (Å²) in [4.78, 5) is 12.6. The molecule has 8 heteroatoms. The number of rotatable bonds is 9. The largest absolute Gasteiger partial charge is 0.349 e. The monoisotopic (exact) mass is 518 g/mol. The number of aryl methyl sites for hydroxylation is 1. The predicted octanol–water partition coefficient (Wildman–Crippen LogP) is 7.25. The molecule has 0 aliphatic heterocycles. The van der Waals surface area contributed by atoms with Crippen molar-refractivity contribution in [3.05, 3.63) is 69.5 Å². The standard InChI is InChI=1S/C26H32Cl2N4OS/c1-17-7-6-8-19(11-17)16-34-25-31-30-23(32(25)22-10-9-20(27)13-21(22)28)15-29-24(33)12-18(2)14-26(3,4)5/h6-11,13,18H,12,14-16H2,1-5H3,(H,29,33). The van der Waals surface area contributed by atoms with Crippen molar-refractivity contribution in [2.24, 2.45) is 11.3 Å². The van der Waals surface area contributed by atoms with Gasteiger partial charge in [-0.15, -0.1) is 10.2 Å². The number of carbonyl (C=O) groups is 1. The Balaban J connectivity index is 1.79. The highest BCUT2D eigenvalue weighted by Gasteiger charge is 2.20. The van der Waals surface area contributed by atoms with E-state index in [2.05, 4.69) is 68.3 Å². The Morgan fingerprint density at radius 3 is 2.59 bits per heavy atom. The van der Waals surface area contributed by atoms with Gasteiger partial charge in [-0.25, -0.2) is 0 Å². The minimum atomic E-state index is 0.00228. The highest BCUT2D eigenvalue weighted by molar-refractivity contribution is 7.98. The van der Waals surface area contributed by atoms with Crippen molar-refractivity contribution in [2.45, 2.75) is 64.9 Å². The second kappa shape index (κ2) is 11.6. The molecule has 0 aliphatic carbocycles. The van der Waals surface area contributed by atoms with Crippen LogP contribution < -0.4 is 5.32 Å². The maximum Gasteiger partial charge on any atom is 0.220 e. The van der Waals surface area contributed by atoms with Gasteiger partial charge in [0.15, 0.2) is 11.0 Å². The number of hydrogen-bond acceptors (Lipinski definition) is 4. The maximum atomic E-state index is 12.6. The van der Waals surface area contributed by atoms with Gasteiger partial charge in [0.25, 0.3) is 0 Å². The third-order valence-corrected chi connectivity index (χ3v) is 6.78. The van der Waals surface area contributed by atoms with Crippen LogP contribution >= 0.6 is 35.0 Å². The fraction of sp³-hybridized carbons (Fsp3) is 0.423. The molecule has 0 aliphatic rings. The molecular formula is C26H32Cl2N4OS. The van der Waals surface area contributed by atoms with Crippen molar-refractivity contribution in [2.75, 3.05) is 0 Å². The molecule has 5 nitrogen and oxygen atoms in total. The van der Waals surface area contributed by atoms with E-state index in [0.29, 0.717) is 33.4 Å². The summed E-state index contributed by atoms with van der Waals surface area (Å²) >= 11 is 14.2. The van der Waals surface area contributed by atoms with E-state index in [1.54, 1.807) is 23.9 Å². The first-order valence-corrected chi connectivity index (χ1v) is 13.1. The fourth-order valence-corrected chi connectivity index (χ4v) is 5.45. The lowest BCUT2D eigenvalue weighted by molar-refractivity contribution is -0.122. The van der Waals surface area contributed by atoms with Crippen molar-refractivity contribution in [3.63, 3.8) is 0 Å². The molecule has 0 saturated carbocycles. The zero-order valence-corrected chi connectivity index (χ0v) is 22.7. The molecule has 2 aromatic carbocycles. The topological polar surface area (TPSA) is 59.8 Å². The Morgan fingerprint density at radius 2 is 1.91 bits per heavy atom. The Kier molecular flexibility index (Phi) is 9.07. The number of nitrogens with zero attached hydrogens (tertiary/aromatic N) is 3. The van der Waals surface area contributed by atoms with E-state index in [1.165, 1.54) is 11.1 Å². The molecule has 0 radical (unpaired) electrons. The van der Waals surface area contributed by atoms with Crippen LogP contribution in [0.15, 0.2) is 47.6 Å². The lowest BCUT2D eigenvalue weighted by Crippen LogP contribution is -2.27. The summed E-state index contributed by atoms with van der Waals surface area (Å²) in [5.74, 6) is 1.65. The number of hydrogen-bond donors (Lipinski definition) is 1. The number of carbonyl (C=O) groups excluding carboxylic acids is 1. The smallest absolute Gasteiger partial charge is 0.220 e. The molecule has 0 saturated heterocycles. The average Bonchev–Trinajstić information content (AvgIpc) is 3.12. The van der Waals surface area contributed by atoms with E-state index in [1.807, 2.05) is 16.7 Å². The SMILES string of the molecule is Cc1cccc(CSc2nnc(CNC(=O)CC(C)CC(C)(C)C)n2-c2ccc(Cl)cc2Cl)c1. The van der Waals surface area contributed by atoms with Gasteiger partial charge in [-0.1, -0.05) is 92.5 Å². The van der Waals surface area contributed by atoms with Crippen LogP contribution in [-0.4, -0.2) is 20.7 Å². The Bertz CT molecular complexity index is 1140. The Labute approximate surface area is 216 Å². The van der Waals surface area contributed by atoms with Gasteiger partial charge in [-0.2, -0.15) is 0 Å². The third-order valence-electron chi connectivity index (χ3n) is 5.24. The fourth-order valence-electron chi connectivity index (χ4n) is 4.05. The average molecular weight is 520 g/mol. The second-order valence-electron chi connectivity index (χ2n) is 9.96. The highest BCUT2D eigenvalue weighted by atomic mass is 35.5. The first-order valence-electron chi connectivity index (χ1n) is 11.4. The van der Waals surface area contributed by atoms with Crippen LogP contribution in [0.2, 0.25) is 10.0 Å². The molecule has 1 unspecified atom stereocenters. The number of thioether (sulfide) groups is 1. The van der Waals surface area contributed by atoms with Crippen LogP contribution in [0.3, 0.4) is 0 Å². The summed E-state index contributed by atoms with van der Waals surface area (Å²) in [5.41, 5.74) is 3.33. The number of aromatic nitrogens is 3. The molecule has 0 fully saturated rings. The number of benzene rings is 2. The van der Waals surface area contributed by atoms with Gasteiger partial charge in [0, 0.05) is 17.2 Å². The van der Waals surface area contributed by atoms with E-state index in [0.717, 1.165) is 17.9 Å². The molecular weight excluding hydrogens is 487 g/mol. The first kappa shape index (κ1) is 26.6. The van der Waals surface area contributed by atoms with E-state index in [4.69, 9.17) is 23.2 Å². The van der Waals surface area contributed by atoms with Crippen molar-refractivity contribution < 1.29 is 4.79 Å². The zero-order valence-electron chi connectivity index (χ0n) is 20.4. The van der Waals surface area contributed by atoms with Crippen LogP contribution in [0.4, 0.5) is 0 Å². The highest BCUT2D eigenvalue weighted by Crippen LogP contribution is 2.31. The maximum absolute atomic E-state index is 12.6. The second-order valence-corrected chi connectivity index (χ2v) is 11.7. The van der Waals surface area contributed by atoms with Gasteiger partial charge in [0.05, 0.1) is 17.3 Å². The quantitative estimate of drug-likeness (QED) is 0.303. The number of amides is 1. The normalized spacial score (nSPS) is 12.6. The molecule has 182 valence electrons. The van der Waals surface area contributed by atoms with Gasteiger partial charge in [-0.05, 0) is 48.4 Å². The minimum absolute atomic E-state index is 0.00228. The molecule has 1 N–H and O–H groups in total. The van der Waals surface area contributed by atoms with Gasteiger partial charge in [-0.3, -0.25) is 9.36 Å². The molecule has 0 bridgehead atoms. The van der Waals surface area contributed by atoms with E-state index < -0.39 is 0 Å². The molecule has 1 amide bonds. The van der Waals surface area contributed by atoms with Crippen LogP contribution in [0.5, 0.6) is 0 Å². The summed E-state index contributed by atoms with van der Waals surface area (Å²) < 4.78 is 1.90. The minimum Gasteiger partial charge on any atom is -0.349 e. The van der Waals surface area contributed by atoms with E-state index >= 15 is 0 Å². The summed E-state index contributed by atoms with van der Waals surface area (Å²) in [5, 5.41) is 13.6. The lowest BCUT2D eigenvalue weighted by atomic mass is 9.84. The number of halogens is 2.